The van der Waals surface area contributed by atoms with Crippen LogP contribution in [0, 0.1) is 5.82 Å². The van der Waals surface area contributed by atoms with Crippen molar-refractivity contribution < 1.29 is 13.9 Å². The Balaban J connectivity index is 2.02. The lowest BCUT2D eigenvalue weighted by Crippen LogP contribution is -1.96. The maximum atomic E-state index is 14.0. The predicted octanol–water partition coefficient (Wildman–Crippen LogP) is 4.17. The molecule has 3 rings (SSSR count). The minimum absolute atomic E-state index is 0.342. The summed E-state index contributed by atoms with van der Waals surface area (Å²) >= 11 is 1.08. The molecule has 2 aromatic carbocycles. The van der Waals surface area contributed by atoms with Crippen molar-refractivity contribution in [1.29, 1.82) is 0 Å². The van der Waals surface area contributed by atoms with E-state index in [0.29, 0.717) is 21.3 Å². The molecule has 0 spiro atoms. The molecule has 1 N–H and O–H groups in total. The Morgan fingerprint density at radius 3 is 2.75 bits per heavy atom. The molecule has 0 fully saturated rings. The van der Waals surface area contributed by atoms with Gasteiger partial charge in [-0.3, -0.25) is 0 Å². The third-order valence-corrected chi connectivity index (χ3v) is 3.90. The van der Waals surface area contributed by atoms with Gasteiger partial charge in [0.1, 0.15) is 11.3 Å². The molecule has 0 unspecified atom stereocenters. The second-order valence-corrected chi connectivity index (χ2v) is 5.35. The SMILES string of the molecule is C[C@H](O)c1cccc(F)c1Sc1nc2ccccc2o1. The Morgan fingerprint density at radius 1 is 1.20 bits per heavy atom. The zero-order valence-corrected chi connectivity index (χ0v) is 11.5. The highest BCUT2D eigenvalue weighted by Gasteiger charge is 2.16. The van der Waals surface area contributed by atoms with Crippen LogP contribution >= 0.6 is 11.8 Å². The summed E-state index contributed by atoms with van der Waals surface area (Å²) in [7, 11) is 0. The van der Waals surface area contributed by atoms with E-state index in [4.69, 9.17) is 4.42 Å². The minimum atomic E-state index is -0.752. The normalized spacial score (nSPS) is 12.8. The average molecular weight is 289 g/mol. The van der Waals surface area contributed by atoms with Gasteiger partial charge in [0.2, 0.25) is 0 Å². The fourth-order valence-electron chi connectivity index (χ4n) is 1.94. The number of hydrogen-bond acceptors (Lipinski definition) is 4. The second-order valence-electron chi connectivity index (χ2n) is 4.38. The highest BCUT2D eigenvalue weighted by atomic mass is 32.2. The van der Waals surface area contributed by atoms with Crippen LogP contribution in [0.25, 0.3) is 11.1 Å². The number of hydrogen-bond donors (Lipinski definition) is 1. The number of para-hydroxylation sites is 2. The lowest BCUT2D eigenvalue weighted by Gasteiger charge is -2.10. The summed E-state index contributed by atoms with van der Waals surface area (Å²) in [5, 5.41) is 10.1. The average Bonchev–Trinajstić information content (AvgIpc) is 2.83. The van der Waals surface area contributed by atoms with Crippen LogP contribution in [0.2, 0.25) is 0 Å². The van der Waals surface area contributed by atoms with Crippen molar-refractivity contribution in [1.82, 2.24) is 4.98 Å². The Hall–Kier alpha value is -1.85. The van der Waals surface area contributed by atoms with Gasteiger partial charge in [0.25, 0.3) is 5.22 Å². The molecule has 0 saturated carbocycles. The van der Waals surface area contributed by atoms with Gasteiger partial charge in [0, 0.05) is 0 Å². The standard InChI is InChI=1S/C15H12FNO2S/c1-9(18)10-5-4-6-11(16)14(10)20-15-17-12-7-2-3-8-13(12)19-15/h2-9,18H,1H3/t9-/m0/s1. The number of aliphatic hydroxyl groups excluding tert-OH is 1. The smallest absolute Gasteiger partial charge is 0.261 e. The molecule has 20 heavy (non-hydrogen) atoms. The number of oxazole rings is 1. The van der Waals surface area contributed by atoms with Crippen LogP contribution in [0.4, 0.5) is 4.39 Å². The van der Waals surface area contributed by atoms with E-state index in [1.807, 2.05) is 24.3 Å². The number of halogens is 1. The molecule has 0 radical (unpaired) electrons. The van der Waals surface area contributed by atoms with E-state index in [2.05, 4.69) is 4.98 Å². The zero-order chi connectivity index (χ0) is 14.1. The van der Waals surface area contributed by atoms with Gasteiger partial charge in [0.15, 0.2) is 5.58 Å². The molecule has 102 valence electrons. The van der Waals surface area contributed by atoms with Crippen molar-refractivity contribution >= 4 is 22.9 Å². The fourth-order valence-corrected chi connectivity index (χ4v) is 2.92. The van der Waals surface area contributed by atoms with Crippen LogP contribution in [0.1, 0.15) is 18.6 Å². The topological polar surface area (TPSA) is 46.3 Å². The molecule has 0 amide bonds. The summed E-state index contributed by atoms with van der Waals surface area (Å²) in [6.07, 6.45) is -0.752. The summed E-state index contributed by atoms with van der Waals surface area (Å²) < 4.78 is 19.5. The van der Waals surface area contributed by atoms with Crippen molar-refractivity contribution in [3.8, 4) is 0 Å². The monoisotopic (exact) mass is 289 g/mol. The molecule has 0 bridgehead atoms. The number of benzene rings is 2. The van der Waals surface area contributed by atoms with E-state index in [9.17, 15) is 9.50 Å². The molecule has 0 aliphatic rings. The number of rotatable bonds is 3. The highest BCUT2D eigenvalue weighted by molar-refractivity contribution is 7.99. The minimum Gasteiger partial charge on any atom is -0.431 e. The summed E-state index contributed by atoms with van der Waals surface area (Å²) in [4.78, 5) is 4.64. The maximum absolute atomic E-state index is 14.0. The molecule has 1 atom stereocenters. The van der Waals surface area contributed by atoms with Crippen LogP contribution in [-0.2, 0) is 0 Å². The first-order valence-corrected chi connectivity index (χ1v) is 6.96. The summed E-state index contributed by atoms with van der Waals surface area (Å²) in [5.41, 5.74) is 1.91. The lowest BCUT2D eigenvalue weighted by molar-refractivity contribution is 0.195. The van der Waals surface area contributed by atoms with Gasteiger partial charge in [-0.15, -0.1) is 0 Å². The summed E-state index contributed by atoms with van der Waals surface area (Å²) in [6.45, 7) is 1.60. The first kappa shape index (κ1) is 13.1. The molecule has 3 aromatic rings. The van der Waals surface area contributed by atoms with Crippen molar-refractivity contribution in [3.05, 3.63) is 53.8 Å². The highest BCUT2D eigenvalue weighted by Crippen LogP contribution is 2.36. The van der Waals surface area contributed by atoms with Gasteiger partial charge in [0.05, 0.1) is 11.0 Å². The Kier molecular flexibility index (Phi) is 3.46. The van der Waals surface area contributed by atoms with Crippen molar-refractivity contribution in [2.75, 3.05) is 0 Å². The molecule has 5 heteroatoms. The molecule has 0 saturated heterocycles. The van der Waals surface area contributed by atoms with Gasteiger partial charge in [-0.1, -0.05) is 24.3 Å². The lowest BCUT2D eigenvalue weighted by atomic mass is 10.1. The van der Waals surface area contributed by atoms with Crippen LogP contribution in [0.3, 0.4) is 0 Å². The molecular weight excluding hydrogens is 277 g/mol. The first-order chi connectivity index (χ1) is 9.65. The van der Waals surface area contributed by atoms with E-state index in [1.54, 1.807) is 19.1 Å². The largest absolute Gasteiger partial charge is 0.431 e. The van der Waals surface area contributed by atoms with Crippen molar-refractivity contribution in [2.24, 2.45) is 0 Å². The Labute approximate surface area is 119 Å². The van der Waals surface area contributed by atoms with Gasteiger partial charge < -0.3 is 9.52 Å². The van der Waals surface area contributed by atoms with Gasteiger partial charge in [-0.25, -0.2) is 9.37 Å². The molecular formula is C15H12FNO2S. The van der Waals surface area contributed by atoms with Crippen molar-refractivity contribution in [2.45, 2.75) is 23.1 Å². The Morgan fingerprint density at radius 2 is 2.00 bits per heavy atom. The third-order valence-electron chi connectivity index (χ3n) is 2.91. The fraction of sp³-hybridized carbons (Fsp3) is 0.133. The van der Waals surface area contributed by atoms with E-state index in [0.717, 1.165) is 17.3 Å². The van der Waals surface area contributed by atoms with E-state index in [1.165, 1.54) is 6.07 Å². The molecule has 1 heterocycles. The number of aliphatic hydroxyl groups is 1. The Bertz CT molecular complexity index is 721. The van der Waals surface area contributed by atoms with Crippen LogP contribution in [0.15, 0.2) is 57.0 Å². The van der Waals surface area contributed by atoms with Gasteiger partial charge >= 0.3 is 0 Å². The summed E-state index contributed by atoms with van der Waals surface area (Å²) in [5.74, 6) is -0.393. The maximum Gasteiger partial charge on any atom is 0.261 e. The molecule has 1 aromatic heterocycles. The third kappa shape index (κ3) is 2.42. The number of nitrogens with zero attached hydrogens (tertiary/aromatic N) is 1. The number of aromatic nitrogens is 1. The summed E-state index contributed by atoms with van der Waals surface area (Å²) in [6, 6.07) is 12.0. The van der Waals surface area contributed by atoms with Gasteiger partial charge in [-0.05, 0) is 42.4 Å². The van der Waals surface area contributed by atoms with Crippen LogP contribution in [0.5, 0.6) is 0 Å². The molecule has 3 nitrogen and oxygen atoms in total. The van der Waals surface area contributed by atoms with Crippen LogP contribution < -0.4 is 0 Å². The second kappa shape index (κ2) is 5.26. The van der Waals surface area contributed by atoms with E-state index < -0.39 is 11.9 Å². The van der Waals surface area contributed by atoms with Crippen LogP contribution in [-0.4, -0.2) is 10.1 Å². The molecule has 0 aliphatic heterocycles. The quantitative estimate of drug-likeness (QED) is 0.786. The predicted molar refractivity (Wildman–Crippen MR) is 75.2 cm³/mol. The van der Waals surface area contributed by atoms with E-state index in [-0.39, 0.29) is 0 Å². The number of fused-ring (bicyclic) bond motifs is 1. The van der Waals surface area contributed by atoms with Gasteiger partial charge in [-0.2, -0.15) is 0 Å². The van der Waals surface area contributed by atoms with E-state index >= 15 is 0 Å². The van der Waals surface area contributed by atoms with Crippen molar-refractivity contribution in [3.63, 3.8) is 0 Å². The molecule has 0 aliphatic carbocycles. The zero-order valence-electron chi connectivity index (χ0n) is 10.7. The first-order valence-electron chi connectivity index (χ1n) is 6.15.